The Morgan fingerprint density at radius 3 is 2.55 bits per heavy atom. The summed E-state index contributed by atoms with van der Waals surface area (Å²) in [5, 5.41) is 0. The monoisotopic (exact) mass is 266 g/mol. The number of fused-ring (bicyclic) bond motifs is 1. The minimum Gasteiger partial charge on any atom is -0.399 e. The lowest BCUT2D eigenvalue weighted by molar-refractivity contribution is 0.273. The van der Waals surface area contributed by atoms with Gasteiger partial charge in [0.2, 0.25) is 0 Å². The molecule has 2 aromatic rings. The van der Waals surface area contributed by atoms with E-state index in [-0.39, 0.29) is 0 Å². The third kappa shape index (κ3) is 3.02. The number of para-hydroxylation sites is 1. The molecule has 1 aliphatic rings. The number of nitrogens with zero attached hydrogens (tertiary/aromatic N) is 1. The zero-order valence-corrected chi connectivity index (χ0v) is 11.9. The summed E-state index contributed by atoms with van der Waals surface area (Å²) in [6.07, 6.45) is 3.50. The average molecular weight is 266 g/mol. The standard InChI is InChI=1S/C18H22N2/c19-18-10-4-3-7-16(18)11-13-20-12-5-9-15-6-1-2-8-17(15)14-20/h1-4,6-8,10H,5,9,11-14,19H2. The summed E-state index contributed by atoms with van der Waals surface area (Å²) in [6.45, 7) is 3.34. The van der Waals surface area contributed by atoms with Gasteiger partial charge in [-0.15, -0.1) is 0 Å². The molecule has 0 fully saturated rings. The first-order valence-corrected chi connectivity index (χ1v) is 7.45. The molecule has 0 radical (unpaired) electrons. The van der Waals surface area contributed by atoms with Crippen molar-refractivity contribution in [2.75, 3.05) is 18.8 Å². The second-order valence-electron chi connectivity index (χ2n) is 5.60. The van der Waals surface area contributed by atoms with Crippen molar-refractivity contribution >= 4 is 5.69 Å². The highest BCUT2D eigenvalue weighted by Gasteiger charge is 2.13. The van der Waals surface area contributed by atoms with Crippen LogP contribution >= 0.6 is 0 Å². The van der Waals surface area contributed by atoms with E-state index in [1.54, 1.807) is 0 Å². The number of rotatable bonds is 3. The molecule has 3 rings (SSSR count). The summed E-state index contributed by atoms with van der Waals surface area (Å²) in [7, 11) is 0. The molecule has 2 nitrogen and oxygen atoms in total. The Kier molecular flexibility index (Phi) is 4.03. The summed E-state index contributed by atoms with van der Waals surface area (Å²) in [5.41, 5.74) is 11.2. The number of aryl methyl sites for hydroxylation is 1. The predicted octanol–water partition coefficient (Wildman–Crippen LogP) is 3.26. The maximum atomic E-state index is 6.03. The molecule has 0 saturated heterocycles. The maximum absolute atomic E-state index is 6.03. The topological polar surface area (TPSA) is 29.3 Å². The lowest BCUT2D eigenvalue weighted by Gasteiger charge is -2.20. The number of nitrogen functional groups attached to an aromatic ring is 1. The van der Waals surface area contributed by atoms with Gasteiger partial charge in [0.25, 0.3) is 0 Å². The minimum atomic E-state index is 0.919. The normalized spacial score (nSPS) is 15.6. The van der Waals surface area contributed by atoms with Gasteiger partial charge in [0, 0.05) is 18.8 Å². The van der Waals surface area contributed by atoms with Crippen LogP contribution in [0.5, 0.6) is 0 Å². The fraction of sp³-hybridized carbons (Fsp3) is 0.333. The highest BCUT2D eigenvalue weighted by atomic mass is 15.1. The van der Waals surface area contributed by atoms with Crippen molar-refractivity contribution in [2.24, 2.45) is 0 Å². The number of anilines is 1. The zero-order valence-electron chi connectivity index (χ0n) is 11.9. The molecule has 1 heterocycles. The van der Waals surface area contributed by atoms with Gasteiger partial charge in [-0.05, 0) is 48.6 Å². The van der Waals surface area contributed by atoms with Gasteiger partial charge in [0.15, 0.2) is 0 Å². The van der Waals surface area contributed by atoms with Gasteiger partial charge in [-0.2, -0.15) is 0 Å². The first kappa shape index (κ1) is 13.2. The van der Waals surface area contributed by atoms with E-state index in [0.29, 0.717) is 0 Å². The van der Waals surface area contributed by atoms with E-state index in [4.69, 9.17) is 5.73 Å². The van der Waals surface area contributed by atoms with Gasteiger partial charge in [0.05, 0.1) is 0 Å². The number of nitrogens with two attached hydrogens (primary N) is 1. The molecule has 0 unspecified atom stereocenters. The Morgan fingerprint density at radius 2 is 1.70 bits per heavy atom. The smallest absolute Gasteiger partial charge is 0.0347 e. The SMILES string of the molecule is Nc1ccccc1CCN1CCCc2ccccc2C1. The molecule has 104 valence electrons. The lowest BCUT2D eigenvalue weighted by atomic mass is 10.0. The Hall–Kier alpha value is -1.80. The van der Waals surface area contributed by atoms with Crippen LogP contribution in [-0.4, -0.2) is 18.0 Å². The van der Waals surface area contributed by atoms with Crippen LogP contribution in [0.25, 0.3) is 0 Å². The van der Waals surface area contributed by atoms with Crippen molar-refractivity contribution in [3.63, 3.8) is 0 Å². The van der Waals surface area contributed by atoms with Crippen molar-refractivity contribution in [1.82, 2.24) is 4.90 Å². The van der Waals surface area contributed by atoms with E-state index in [0.717, 1.165) is 25.2 Å². The maximum Gasteiger partial charge on any atom is 0.0347 e. The average Bonchev–Trinajstić information content (AvgIpc) is 2.68. The largest absolute Gasteiger partial charge is 0.399 e. The van der Waals surface area contributed by atoms with Crippen LogP contribution in [0.1, 0.15) is 23.1 Å². The Labute approximate surface area is 121 Å². The molecule has 0 aliphatic carbocycles. The lowest BCUT2D eigenvalue weighted by Crippen LogP contribution is -2.26. The highest BCUT2D eigenvalue weighted by Crippen LogP contribution is 2.19. The molecule has 0 spiro atoms. The van der Waals surface area contributed by atoms with E-state index >= 15 is 0 Å². The molecule has 2 heteroatoms. The summed E-state index contributed by atoms with van der Waals surface area (Å²) in [5.74, 6) is 0. The van der Waals surface area contributed by atoms with Crippen molar-refractivity contribution in [3.8, 4) is 0 Å². The summed E-state index contributed by atoms with van der Waals surface area (Å²) >= 11 is 0. The van der Waals surface area contributed by atoms with Crippen molar-refractivity contribution in [2.45, 2.75) is 25.8 Å². The summed E-state index contributed by atoms with van der Waals surface area (Å²) < 4.78 is 0. The summed E-state index contributed by atoms with van der Waals surface area (Å²) in [6, 6.07) is 17.0. The van der Waals surface area contributed by atoms with Gasteiger partial charge in [-0.1, -0.05) is 42.5 Å². The Balaban J connectivity index is 1.66. The number of hydrogen-bond donors (Lipinski definition) is 1. The molecule has 2 aromatic carbocycles. The van der Waals surface area contributed by atoms with Crippen LogP contribution in [0.3, 0.4) is 0 Å². The fourth-order valence-electron chi connectivity index (χ4n) is 3.00. The van der Waals surface area contributed by atoms with E-state index in [1.807, 2.05) is 12.1 Å². The van der Waals surface area contributed by atoms with Crippen molar-refractivity contribution < 1.29 is 0 Å². The van der Waals surface area contributed by atoms with Crippen LogP contribution in [0, 0.1) is 0 Å². The number of benzene rings is 2. The Morgan fingerprint density at radius 1 is 0.950 bits per heavy atom. The van der Waals surface area contributed by atoms with Gasteiger partial charge >= 0.3 is 0 Å². The molecule has 0 saturated carbocycles. The van der Waals surface area contributed by atoms with E-state index in [2.05, 4.69) is 41.3 Å². The molecule has 2 N–H and O–H groups in total. The van der Waals surface area contributed by atoms with Gasteiger partial charge in [-0.3, -0.25) is 4.90 Å². The zero-order chi connectivity index (χ0) is 13.8. The van der Waals surface area contributed by atoms with Crippen LogP contribution in [0.15, 0.2) is 48.5 Å². The van der Waals surface area contributed by atoms with Crippen LogP contribution in [-0.2, 0) is 19.4 Å². The molecular formula is C18H22N2. The third-order valence-corrected chi connectivity index (χ3v) is 4.19. The molecular weight excluding hydrogens is 244 g/mol. The minimum absolute atomic E-state index is 0.919. The fourth-order valence-corrected chi connectivity index (χ4v) is 3.00. The molecule has 20 heavy (non-hydrogen) atoms. The highest BCUT2D eigenvalue weighted by molar-refractivity contribution is 5.46. The van der Waals surface area contributed by atoms with Crippen molar-refractivity contribution in [3.05, 3.63) is 65.2 Å². The first-order valence-electron chi connectivity index (χ1n) is 7.45. The van der Waals surface area contributed by atoms with Gasteiger partial charge in [-0.25, -0.2) is 0 Å². The van der Waals surface area contributed by atoms with Crippen LogP contribution < -0.4 is 5.73 Å². The van der Waals surface area contributed by atoms with Crippen molar-refractivity contribution in [1.29, 1.82) is 0 Å². The second-order valence-corrected chi connectivity index (χ2v) is 5.60. The van der Waals surface area contributed by atoms with E-state index in [9.17, 15) is 0 Å². The molecule has 1 aliphatic heterocycles. The molecule has 0 bridgehead atoms. The van der Waals surface area contributed by atoms with Crippen LogP contribution in [0.2, 0.25) is 0 Å². The van der Waals surface area contributed by atoms with E-state index in [1.165, 1.54) is 36.1 Å². The molecule has 0 atom stereocenters. The van der Waals surface area contributed by atoms with E-state index < -0.39 is 0 Å². The van der Waals surface area contributed by atoms with Gasteiger partial charge in [0.1, 0.15) is 0 Å². The number of hydrogen-bond acceptors (Lipinski definition) is 2. The molecule has 0 aromatic heterocycles. The quantitative estimate of drug-likeness (QED) is 0.864. The van der Waals surface area contributed by atoms with Gasteiger partial charge < -0.3 is 5.73 Å². The molecule has 0 amide bonds. The van der Waals surface area contributed by atoms with Crippen LogP contribution in [0.4, 0.5) is 5.69 Å². The Bertz CT molecular complexity index is 577. The third-order valence-electron chi connectivity index (χ3n) is 4.19. The summed E-state index contributed by atoms with van der Waals surface area (Å²) in [4.78, 5) is 2.55. The second kappa shape index (κ2) is 6.10. The predicted molar refractivity (Wildman–Crippen MR) is 84.6 cm³/mol. The first-order chi connectivity index (χ1) is 9.83.